The van der Waals surface area contributed by atoms with Crippen LogP contribution in [0.15, 0.2) is 24.4 Å². The van der Waals surface area contributed by atoms with Gasteiger partial charge in [-0.25, -0.2) is 9.97 Å². The van der Waals surface area contributed by atoms with Gasteiger partial charge in [-0.05, 0) is 11.6 Å². The van der Waals surface area contributed by atoms with Crippen LogP contribution >= 0.6 is 23.2 Å². The molecule has 0 atom stereocenters. The van der Waals surface area contributed by atoms with Crippen molar-refractivity contribution in [3.8, 4) is 0 Å². The van der Waals surface area contributed by atoms with Crippen molar-refractivity contribution >= 4 is 23.2 Å². The molecule has 23 heavy (non-hydrogen) atoms. The van der Waals surface area contributed by atoms with Crippen LogP contribution in [-0.4, -0.2) is 21.4 Å². The van der Waals surface area contributed by atoms with Gasteiger partial charge in [-0.1, -0.05) is 35.3 Å². The Hall–Kier alpha value is -1.37. The third-order valence-corrected chi connectivity index (χ3v) is 4.55. The van der Waals surface area contributed by atoms with Gasteiger partial charge < -0.3 is 0 Å². The predicted octanol–water partition coefficient (Wildman–Crippen LogP) is 4.36. The Morgan fingerprint density at radius 1 is 1.22 bits per heavy atom. The Balaban J connectivity index is 1.77. The van der Waals surface area contributed by atoms with E-state index in [1.807, 2.05) is 12.1 Å². The van der Waals surface area contributed by atoms with E-state index in [4.69, 9.17) is 23.2 Å². The summed E-state index contributed by atoms with van der Waals surface area (Å²) in [5.41, 5.74) is 2.05. The Morgan fingerprint density at radius 2 is 2.00 bits per heavy atom. The molecule has 1 aromatic carbocycles. The number of halogens is 5. The third-order valence-electron chi connectivity index (χ3n) is 3.69. The number of fused-ring (bicyclic) bond motifs is 1. The summed E-state index contributed by atoms with van der Waals surface area (Å²) in [7, 11) is 0. The Bertz CT molecular complexity index is 734. The average molecular weight is 362 g/mol. The maximum absolute atomic E-state index is 12.6. The molecule has 0 saturated carbocycles. The molecular weight excluding hydrogens is 350 g/mol. The smallest absolute Gasteiger partial charge is 0.294 e. The molecule has 3 nitrogen and oxygen atoms in total. The maximum atomic E-state index is 12.6. The first kappa shape index (κ1) is 16.5. The second kappa shape index (κ2) is 6.26. The van der Waals surface area contributed by atoms with Crippen molar-refractivity contribution in [2.45, 2.75) is 25.7 Å². The lowest BCUT2D eigenvalue weighted by atomic mass is 10.1. The van der Waals surface area contributed by atoms with Crippen LogP contribution < -0.4 is 0 Å². The molecule has 0 saturated heterocycles. The molecule has 0 aliphatic carbocycles. The average Bonchev–Trinajstić information content (AvgIpc) is 2.50. The molecule has 1 aliphatic heterocycles. The lowest BCUT2D eigenvalue weighted by molar-refractivity contribution is -0.145. The fourth-order valence-electron chi connectivity index (χ4n) is 2.56. The first-order chi connectivity index (χ1) is 10.8. The molecule has 2 aromatic rings. The van der Waals surface area contributed by atoms with E-state index in [9.17, 15) is 13.2 Å². The van der Waals surface area contributed by atoms with Crippen LogP contribution in [0, 0.1) is 0 Å². The summed E-state index contributed by atoms with van der Waals surface area (Å²) in [6.45, 7) is 1.65. The number of alkyl halides is 3. The van der Waals surface area contributed by atoms with Crippen LogP contribution in [0.25, 0.3) is 0 Å². The van der Waals surface area contributed by atoms with E-state index in [1.165, 1.54) is 6.20 Å². The van der Waals surface area contributed by atoms with Crippen LogP contribution in [-0.2, 0) is 25.7 Å². The highest BCUT2D eigenvalue weighted by molar-refractivity contribution is 6.42. The first-order valence-electron chi connectivity index (χ1n) is 6.92. The van der Waals surface area contributed by atoms with Crippen molar-refractivity contribution < 1.29 is 13.2 Å². The number of rotatable bonds is 2. The van der Waals surface area contributed by atoms with Gasteiger partial charge in [0.05, 0.1) is 15.7 Å². The Labute approximate surface area is 141 Å². The number of nitrogens with zero attached hydrogens (tertiary/aromatic N) is 3. The molecule has 1 aromatic heterocycles. The van der Waals surface area contributed by atoms with Gasteiger partial charge in [0.25, 0.3) is 0 Å². The predicted molar refractivity (Wildman–Crippen MR) is 81.3 cm³/mol. The zero-order chi connectivity index (χ0) is 16.6. The van der Waals surface area contributed by atoms with E-state index in [2.05, 4.69) is 14.9 Å². The molecule has 0 spiro atoms. The summed E-state index contributed by atoms with van der Waals surface area (Å²) in [5, 5.41) is 0.989. The first-order valence-corrected chi connectivity index (χ1v) is 7.67. The zero-order valence-corrected chi connectivity index (χ0v) is 13.4. The highest BCUT2D eigenvalue weighted by atomic mass is 35.5. The van der Waals surface area contributed by atoms with E-state index < -0.39 is 12.0 Å². The van der Waals surface area contributed by atoms with E-state index >= 15 is 0 Å². The molecule has 2 heterocycles. The van der Waals surface area contributed by atoms with Crippen molar-refractivity contribution in [2.24, 2.45) is 0 Å². The van der Waals surface area contributed by atoms with Crippen molar-refractivity contribution in [3.05, 3.63) is 57.1 Å². The second-order valence-electron chi connectivity index (χ2n) is 5.34. The largest absolute Gasteiger partial charge is 0.451 e. The summed E-state index contributed by atoms with van der Waals surface area (Å²) < 4.78 is 37.9. The lowest BCUT2D eigenvalue weighted by Crippen LogP contribution is -2.31. The van der Waals surface area contributed by atoms with Gasteiger partial charge in [0, 0.05) is 37.8 Å². The zero-order valence-electron chi connectivity index (χ0n) is 11.9. The van der Waals surface area contributed by atoms with Crippen molar-refractivity contribution in [1.29, 1.82) is 0 Å². The Kier molecular flexibility index (Phi) is 4.49. The van der Waals surface area contributed by atoms with Crippen LogP contribution in [0.3, 0.4) is 0 Å². The molecule has 122 valence electrons. The van der Waals surface area contributed by atoms with Gasteiger partial charge in [0.15, 0.2) is 0 Å². The normalized spacial score (nSPS) is 15.5. The molecule has 0 N–H and O–H groups in total. The minimum absolute atomic E-state index is 0.444. The van der Waals surface area contributed by atoms with Gasteiger partial charge >= 0.3 is 6.18 Å². The van der Waals surface area contributed by atoms with Gasteiger partial charge in [0.1, 0.15) is 0 Å². The fraction of sp³-hybridized carbons (Fsp3) is 0.333. The topological polar surface area (TPSA) is 29.0 Å². The monoisotopic (exact) mass is 361 g/mol. The molecule has 3 rings (SSSR count). The van der Waals surface area contributed by atoms with Gasteiger partial charge in [-0.3, -0.25) is 4.90 Å². The number of hydrogen-bond donors (Lipinski definition) is 0. The molecule has 0 amide bonds. The van der Waals surface area contributed by atoms with Gasteiger partial charge in [-0.15, -0.1) is 0 Å². The van der Waals surface area contributed by atoms with Crippen LogP contribution in [0.4, 0.5) is 13.2 Å². The van der Waals surface area contributed by atoms with Crippen LogP contribution in [0.2, 0.25) is 10.0 Å². The number of hydrogen-bond acceptors (Lipinski definition) is 3. The molecule has 0 radical (unpaired) electrons. The minimum Gasteiger partial charge on any atom is -0.294 e. The number of aromatic nitrogens is 2. The van der Waals surface area contributed by atoms with Gasteiger partial charge in [-0.2, -0.15) is 13.2 Å². The lowest BCUT2D eigenvalue weighted by Gasteiger charge is -2.28. The third kappa shape index (κ3) is 3.59. The Morgan fingerprint density at radius 3 is 2.74 bits per heavy atom. The van der Waals surface area contributed by atoms with E-state index in [0.717, 1.165) is 5.56 Å². The maximum Gasteiger partial charge on any atom is 0.451 e. The van der Waals surface area contributed by atoms with Crippen molar-refractivity contribution in [1.82, 2.24) is 14.9 Å². The van der Waals surface area contributed by atoms with Crippen LogP contribution in [0.5, 0.6) is 0 Å². The molecule has 0 bridgehead atoms. The molecule has 0 unspecified atom stereocenters. The van der Waals surface area contributed by atoms with Gasteiger partial charge in [0.2, 0.25) is 5.82 Å². The van der Waals surface area contributed by atoms with Crippen LogP contribution in [0.1, 0.15) is 22.6 Å². The number of benzene rings is 1. The SMILES string of the molecule is FC(F)(F)c1ncc2c(n1)CCN(Cc1cccc(Cl)c1Cl)C2. The fourth-order valence-corrected chi connectivity index (χ4v) is 2.94. The highest BCUT2D eigenvalue weighted by Gasteiger charge is 2.35. The molecular formula is C15H12Cl2F3N3. The molecule has 0 fully saturated rings. The molecule has 1 aliphatic rings. The summed E-state index contributed by atoms with van der Waals surface area (Å²) >= 11 is 12.2. The second-order valence-corrected chi connectivity index (χ2v) is 6.12. The standard InChI is InChI=1S/C15H12Cl2F3N3/c16-11-3-1-2-9(13(11)17)7-23-5-4-12-10(8-23)6-21-14(22-12)15(18,19)20/h1-3,6H,4-5,7-8H2. The van der Waals surface area contributed by atoms with E-state index in [1.54, 1.807) is 6.07 Å². The highest BCUT2D eigenvalue weighted by Crippen LogP contribution is 2.30. The van der Waals surface area contributed by atoms with Crippen molar-refractivity contribution in [3.63, 3.8) is 0 Å². The minimum atomic E-state index is -4.51. The quantitative estimate of drug-likeness (QED) is 0.795. The van der Waals surface area contributed by atoms with Crippen molar-refractivity contribution in [2.75, 3.05) is 6.54 Å². The van der Waals surface area contributed by atoms with E-state index in [-0.39, 0.29) is 0 Å². The summed E-state index contributed by atoms with van der Waals surface area (Å²) in [6.07, 6.45) is -2.81. The van der Waals surface area contributed by atoms with E-state index in [0.29, 0.717) is 47.4 Å². The summed E-state index contributed by atoms with van der Waals surface area (Å²) in [6, 6.07) is 5.42. The summed E-state index contributed by atoms with van der Waals surface area (Å²) in [5.74, 6) is -1.08. The molecule has 8 heteroatoms. The summed E-state index contributed by atoms with van der Waals surface area (Å²) in [4.78, 5) is 9.15.